The largest absolute Gasteiger partial charge is 0.480 e. The quantitative estimate of drug-likeness (QED) is 0.873. The molecule has 1 amide bonds. The molecule has 0 spiro atoms. The highest BCUT2D eigenvalue weighted by atomic mass is 16.4. The summed E-state index contributed by atoms with van der Waals surface area (Å²) in [4.78, 5) is 25.0. The predicted molar refractivity (Wildman–Crippen MR) is 82.6 cm³/mol. The molecule has 5 nitrogen and oxygen atoms in total. The molecule has 1 heterocycles. The Morgan fingerprint density at radius 2 is 1.73 bits per heavy atom. The second kappa shape index (κ2) is 6.48. The molecule has 0 bridgehead atoms. The molecule has 1 aromatic carbocycles. The lowest BCUT2D eigenvalue weighted by Crippen LogP contribution is -2.47. The number of carboxylic acid groups (broad SMARTS) is 1. The molecule has 1 aliphatic carbocycles. The topological polar surface area (TPSA) is 69.6 Å². The molecule has 2 aliphatic rings. The molecule has 0 unspecified atom stereocenters. The van der Waals surface area contributed by atoms with Crippen LogP contribution in [0.15, 0.2) is 24.3 Å². The Kier molecular flexibility index (Phi) is 4.43. The van der Waals surface area contributed by atoms with Gasteiger partial charge in [-0.3, -0.25) is 14.5 Å². The van der Waals surface area contributed by atoms with Crippen LogP contribution in [0.5, 0.6) is 0 Å². The minimum Gasteiger partial charge on any atom is -0.480 e. The summed E-state index contributed by atoms with van der Waals surface area (Å²) in [5, 5.41) is 12.0. The molecule has 1 aromatic rings. The summed E-state index contributed by atoms with van der Waals surface area (Å²) in [6.07, 6.45) is 3.33. The van der Waals surface area contributed by atoms with Gasteiger partial charge in [0.2, 0.25) is 5.91 Å². The third kappa shape index (κ3) is 3.47. The van der Waals surface area contributed by atoms with E-state index in [2.05, 4.69) is 17.4 Å². The molecule has 0 aromatic heterocycles. The van der Waals surface area contributed by atoms with Gasteiger partial charge in [-0.05, 0) is 36.8 Å². The van der Waals surface area contributed by atoms with Crippen LogP contribution in [0.25, 0.3) is 0 Å². The number of piperidine rings is 1. The van der Waals surface area contributed by atoms with Gasteiger partial charge in [-0.1, -0.05) is 24.3 Å². The number of fused-ring (bicyclic) bond motifs is 1. The minimum atomic E-state index is -0.786. The maximum absolute atomic E-state index is 12.4. The van der Waals surface area contributed by atoms with Gasteiger partial charge in [0, 0.05) is 25.0 Å². The van der Waals surface area contributed by atoms with Crippen LogP contribution in [-0.4, -0.2) is 47.6 Å². The number of aliphatic carboxylic acids is 1. The van der Waals surface area contributed by atoms with E-state index in [1.807, 2.05) is 17.0 Å². The standard InChI is InChI=1S/C17H22N2O3/c20-16(21)11-19-7-5-15(6-8-19)18-17(22)14-9-12-3-1-2-4-13(12)10-14/h1-4,14-15H,5-11H2,(H,18,22)(H,20,21). The van der Waals surface area contributed by atoms with Crippen LogP contribution in [0.2, 0.25) is 0 Å². The van der Waals surface area contributed by atoms with Crippen molar-refractivity contribution < 1.29 is 14.7 Å². The van der Waals surface area contributed by atoms with Crippen molar-refractivity contribution in [1.29, 1.82) is 0 Å². The maximum Gasteiger partial charge on any atom is 0.317 e. The van der Waals surface area contributed by atoms with E-state index < -0.39 is 5.97 Å². The summed E-state index contributed by atoms with van der Waals surface area (Å²) < 4.78 is 0. The number of nitrogens with one attached hydrogen (secondary N) is 1. The van der Waals surface area contributed by atoms with E-state index in [0.29, 0.717) is 0 Å². The number of likely N-dealkylation sites (tertiary alicyclic amines) is 1. The third-order valence-electron chi connectivity index (χ3n) is 4.71. The number of rotatable bonds is 4. The lowest BCUT2D eigenvalue weighted by atomic mass is 10.0. The van der Waals surface area contributed by atoms with Gasteiger partial charge in [-0.25, -0.2) is 0 Å². The van der Waals surface area contributed by atoms with E-state index in [4.69, 9.17) is 5.11 Å². The maximum atomic E-state index is 12.4. The zero-order valence-corrected chi connectivity index (χ0v) is 12.6. The van der Waals surface area contributed by atoms with Crippen molar-refractivity contribution >= 4 is 11.9 Å². The number of hydrogen-bond donors (Lipinski definition) is 2. The first kappa shape index (κ1) is 15.0. The molecule has 1 fully saturated rings. The minimum absolute atomic E-state index is 0.0504. The van der Waals surface area contributed by atoms with E-state index >= 15 is 0 Å². The van der Waals surface area contributed by atoms with Crippen LogP contribution in [0.3, 0.4) is 0 Å². The lowest BCUT2D eigenvalue weighted by Gasteiger charge is -2.31. The van der Waals surface area contributed by atoms with Crippen molar-refractivity contribution in [3.05, 3.63) is 35.4 Å². The summed E-state index contributed by atoms with van der Waals surface area (Å²) in [5.41, 5.74) is 2.58. The fraction of sp³-hybridized carbons (Fsp3) is 0.529. The monoisotopic (exact) mass is 302 g/mol. The Morgan fingerprint density at radius 1 is 1.14 bits per heavy atom. The van der Waals surface area contributed by atoms with Gasteiger partial charge in [0.15, 0.2) is 0 Å². The Morgan fingerprint density at radius 3 is 2.27 bits per heavy atom. The van der Waals surface area contributed by atoms with Gasteiger partial charge in [0.25, 0.3) is 0 Å². The number of carbonyl (C=O) groups is 2. The molecule has 22 heavy (non-hydrogen) atoms. The fourth-order valence-electron chi connectivity index (χ4n) is 3.49. The first-order valence-electron chi connectivity index (χ1n) is 7.93. The Balaban J connectivity index is 1.47. The smallest absolute Gasteiger partial charge is 0.317 e. The average molecular weight is 302 g/mol. The van der Waals surface area contributed by atoms with Crippen LogP contribution in [0.1, 0.15) is 24.0 Å². The highest BCUT2D eigenvalue weighted by Crippen LogP contribution is 2.26. The van der Waals surface area contributed by atoms with Crippen molar-refractivity contribution in [2.75, 3.05) is 19.6 Å². The van der Waals surface area contributed by atoms with Crippen molar-refractivity contribution in [3.63, 3.8) is 0 Å². The van der Waals surface area contributed by atoms with Gasteiger partial charge >= 0.3 is 5.97 Å². The summed E-state index contributed by atoms with van der Waals surface area (Å²) in [5.74, 6) is -0.589. The molecule has 3 rings (SSSR count). The molecular weight excluding hydrogens is 280 g/mol. The first-order valence-corrected chi connectivity index (χ1v) is 7.93. The normalized spacial score (nSPS) is 19.8. The molecule has 118 valence electrons. The zero-order valence-electron chi connectivity index (χ0n) is 12.6. The molecule has 0 atom stereocenters. The van der Waals surface area contributed by atoms with Crippen molar-refractivity contribution in [1.82, 2.24) is 10.2 Å². The summed E-state index contributed by atoms with van der Waals surface area (Å²) in [6.45, 7) is 1.57. The Bertz CT molecular complexity index is 540. The Labute approximate surface area is 130 Å². The molecule has 1 aliphatic heterocycles. The number of carboxylic acids is 1. The van der Waals surface area contributed by atoms with Crippen molar-refractivity contribution in [3.8, 4) is 0 Å². The van der Waals surface area contributed by atoms with Gasteiger partial charge < -0.3 is 10.4 Å². The van der Waals surface area contributed by atoms with Gasteiger partial charge in [0.1, 0.15) is 0 Å². The molecule has 5 heteroatoms. The van der Waals surface area contributed by atoms with Crippen molar-refractivity contribution in [2.45, 2.75) is 31.7 Å². The van der Waals surface area contributed by atoms with Crippen LogP contribution in [0.4, 0.5) is 0 Å². The second-order valence-electron chi connectivity index (χ2n) is 6.33. The second-order valence-corrected chi connectivity index (χ2v) is 6.33. The molecule has 0 saturated carbocycles. The number of carbonyl (C=O) groups excluding carboxylic acids is 1. The number of amides is 1. The highest BCUT2D eigenvalue weighted by Gasteiger charge is 2.29. The number of nitrogens with zero attached hydrogens (tertiary/aromatic N) is 1. The van der Waals surface area contributed by atoms with Crippen LogP contribution in [0, 0.1) is 5.92 Å². The zero-order chi connectivity index (χ0) is 15.5. The molecule has 0 radical (unpaired) electrons. The summed E-state index contributed by atoms with van der Waals surface area (Å²) in [7, 11) is 0. The van der Waals surface area contributed by atoms with E-state index in [1.54, 1.807) is 0 Å². The fourth-order valence-corrected chi connectivity index (χ4v) is 3.49. The van der Waals surface area contributed by atoms with E-state index in [1.165, 1.54) is 11.1 Å². The van der Waals surface area contributed by atoms with Gasteiger partial charge in [0.05, 0.1) is 6.54 Å². The first-order chi connectivity index (χ1) is 10.6. The molecule has 2 N–H and O–H groups in total. The van der Waals surface area contributed by atoms with Crippen molar-refractivity contribution in [2.24, 2.45) is 5.92 Å². The van der Waals surface area contributed by atoms with Gasteiger partial charge in [-0.15, -0.1) is 0 Å². The van der Waals surface area contributed by atoms with Crippen LogP contribution >= 0.6 is 0 Å². The van der Waals surface area contributed by atoms with E-state index in [9.17, 15) is 9.59 Å². The van der Waals surface area contributed by atoms with Crippen LogP contribution < -0.4 is 5.32 Å². The molecule has 1 saturated heterocycles. The van der Waals surface area contributed by atoms with E-state index in [0.717, 1.165) is 38.8 Å². The lowest BCUT2D eigenvalue weighted by molar-refractivity contribution is -0.138. The molecular formula is C17H22N2O3. The number of benzene rings is 1. The predicted octanol–water partition coefficient (Wildman–Crippen LogP) is 1.07. The number of hydrogen-bond acceptors (Lipinski definition) is 3. The SMILES string of the molecule is O=C(O)CN1CCC(NC(=O)C2Cc3ccccc3C2)CC1. The summed E-state index contributed by atoms with van der Waals surface area (Å²) >= 11 is 0. The Hall–Kier alpha value is -1.88. The summed E-state index contributed by atoms with van der Waals surface area (Å²) in [6, 6.07) is 8.44. The van der Waals surface area contributed by atoms with Gasteiger partial charge in [-0.2, -0.15) is 0 Å². The third-order valence-corrected chi connectivity index (χ3v) is 4.71. The average Bonchev–Trinajstić information content (AvgIpc) is 2.93. The highest BCUT2D eigenvalue weighted by molar-refractivity contribution is 5.80. The van der Waals surface area contributed by atoms with Crippen LogP contribution in [-0.2, 0) is 22.4 Å². The van der Waals surface area contributed by atoms with E-state index in [-0.39, 0.29) is 24.4 Å².